The van der Waals surface area contributed by atoms with Crippen molar-refractivity contribution in [2.45, 2.75) is 43.6 Å². The van der Waals surface area contributed by atoms with Crippen molar-refractivity contribution in [3.63, 3.8) is 0 Å². The zero-order chi connectivity index (χ0) is 17.7. The van der Waals surface area contributed by atoms with Crippen molar-refractivity contribution in [2.75, 3.05) is 0 Å². The van der Waals surface area contributed by atoms with Gasteiger partial charge >= 0.3 is 6.03 Å². The summed E-state index contributed by atoms with van der Waals surface area (Å²) in [4.78, 5) is 24.9. The second-order valence-electron chi connectivity index (χ2n) is 5.59. The normalized spacial score (nSPS) is 12.2. The first-order valence-electron chi connectivity index (χ1n) is 7.55. The number of imide groups is 1. The van der Waals surface area contributed by atoms with Gasteiger partial charge in [-0.3, -0.25) is 10.1 Å². The average Bonchev–Trinajstić information content (AvgIpc) is 3.11. The molecule has 9 heteroatoms. The Hall–Kier alpha value is -1.87. The Labute approximate surface area is 149 Å². The van der Waals surface area contributed by atoms with E-state index in [1.807, 2.05) is 36.9 Å². The molecule has 0 bridgehead atoms. The number of thioether (sulfide) groups is 1. The van der Waals surface area contributed by atoms with E-state index in [0.717, 1.165) is 5.82 Å². The molecule has 24 heavy (non-hydrogen) atoms. The third-order valence-electron chi connectivity index (χ3n) is 3.15. The zero-order valence-electron chi connectivity index (χ0n) is 14.1. The fourth-order valence-electron chi connectivity index (χ4n) is 1.89. The van der Waals surface area contributed by atoms with Gasteiger partial charge in [-0.25, -0.2) is 4.79 Å². The second kappa shape index (κ2) is 8.29. The number of hydrogen-bond acceptors (Lipinski definition) is 6. The molecule has 7 nitrogen and oxygen atoms in total. The standard InChI is InChI=1S/C15H21N5O2S2/c1-9(2)16-14(22)17-13(21)10(3)24-15-19-18-12(20(15)4)8-11-6-5-7-23-11/h5-7,9-10H,8H2,1-4H3,(H2,16,17,21,22)/t10-/m1/s1. The highest BCUT2D eigenvalue weighted by Gasteiger charge is 2.20. The van der Waals surface area contributed by atoms with Crippen molar-refractivity contribution >= 4 is 35.0 Å². The molecular weight excluding hydrogens is 346 g/mol. The number of nitrogens with one attached hydrogen (secondary N) is 2. The smallest absolute Gasteiger partial charge is 0.321 e. The topological polar surface area (TPSA) is 88.9 Å². The molecule has 0 saturated carbocycles. The van der Waals surface area contributed by atoms with E-state index in [2.05, 4.69) is 26.9 Å². The summed E-state index contributed by atoms with van der Waals surface area (Å²) in [6.07, 6.45) is 0.707. The van der Waals surface area contributed by atoms with E-state index in [0.29, 0.717) is 11.6 Å². The molecule has 3 amide bonds. The van der Waals surface area contributed by atoms with Crippen LogP contribution in [0.15, 0.2) is 22.7 Å². The van der Waals surface area contributed by atoms with Crippen molar-refractivity contribution in [3.8, 4) is 0 Å². The summed E-state index contributed by atoms with van der Waals surface area (Å²) in [5.41, 5.74) is 0. The van der Waals surface area contributed by atoms with Gasteiger partial charge in [-0.1, -0.05) is 17.8 Å². The first-order chi connectivity index (χ1) is 11.4. The minimum Gasteiger partial charge on any atom is -0.336 e. The third-order valence-corrected chi connectivity index (χ3v) is 5.16. The van der Waals surface area contributed by atoms with Crippen LogP contribution in [-0.4, -0.2) is 38.0 Å². The van der Waals surface area contributed by atoms with E-state index >= 15 is 0 Å². The predicted molar refractivity (Wildman–Crippen MR) is 95.3 cm³/mol. The SMILES string of the molecule is CC(C)NC(=O)NC(=O)[C@@H](C)Sc1nnc(Cc2cccs2)n1C. The molecule has 0 radical (unpaired) electrons. The van der Waals surface area contributed by atoms with Gasteiger partial charge in [-0.2, -0.15) is 0 Å². The molecule has 130 valence electrons. The molecule has 0 aromatic carbocycles. The Morgan fingerprint density at radius 3 is 2.71 bits per heavy atom. The fourth-order valence-corrected chi connectivity index (χ4v) is 3.43. The maximum absolute atomic E-state index is 12.1. The predicted octanol–water partition coefficient (Wildman–Crippen LogP) is 2.18. The molecule has 0 aliphatic heterocycles. The Balaban J connectivity index is 1.94. The Morgan fingerprint density at radius 1 is 1.33 bits per heavy atom. The van der Waals surface area contributed by atoms with Gasteiger partial charge in [0.2, 0.25) is 5.91 Å². The highest BCUT2D eigenvalue weighted by atomic mass is 32.2. The molecule has 2 aromatic rings. The fraction of sp³-hybridized carbons (Fsp3) is 0.467. The molecular formula is C15H21N5O2S2. The van der Waals surface area contributed by atoms with Crippen LogP contribution >= 0.6 is 23.1 Å². The van der Waals surface area contributed by atoms with Crippen LogP contribution in [0.25, 0.3) is 0 Å². The molecule has 0 unspecified atom stereocenters. The monoisotopic (exact) mass is 367 g/mol. The minimum atomic E-state index is -0.487. The molecule has 2 N–H and O–H groups in total. The second-order valence-corrected chi connectivity index (χ2v) is 7.93. The van der Waals surface area contributed by atoms with Crippen LogP contribution in [0.3, 0.4) is 0 Å². The highest BCUT2D eigenvalue weighted by Crippen LogP contribution is 2.23. The average molecular weight is 368 g/mol. The first kappa shape index (κ1) is 18.5. The summed E-state index contributed by atoms with van der Waals surface area (Å²) in [6.45, 7) is 5.39. The number of amides is 3. The Bertz CT molecular complexity index is 697. The number of aromatic nitrogens is 3. The summed E-state index contributed by atoms with van der Waals surface area (Å²) in [5, 5.41) is 15.5. The lowest BCUT2D eigenvalue weighted by atomic mass is 10.3. The summed E-state index contributed by atoms with van der Waals surface area (Å²) < 4.78 is 1.88. The minimum absolute atomic E-state index is 0.0284. The molecule has 2 aromatic heterocycles. The van der Waals surface area contributed by atoms with Crippen molar-refractivity contribution in [2.24, 2.45) is 7.05 Å². The Morgan fingerprint density at radius 2 is 2.08 bits per heavy atom. The summed E-state index contributed by atoms with van der Waals surface area (Å²) in [5.74, 6) is 0.478. The third kappa shape index (κ3) is 5.07. The lowest BCUT2D eigenvalue weighted by Gasteiger charge is -2.13. The van der Waals surface area contributed by atoms with Crippen LogP contribution in [-0.2, 0) is 18.3 Å². The van der Waals surface area contributed by atoms with Gasteiger partial charge in [0.25, 0.3) is 0 Å². The number of nitrogens with zero attached hydrogens (tertiary/aromatic N) is 3. The van der Waals surface area contributed by atoms with E-state index in [4.69, 9.17) is 0 Å². The summed E-state index contributed by atoms with van der Waals surface area (Å²) in [6, 6.07) is 3.54. The quantitative estimate of drug-likeness (QED) is 0.764. The molecule has 0 fully saturated rings. The number of urea groups is 1. The molecule has 2 heterocycles. The van der Waals surface area contributed by atoms with Crippen molar-refractivity contribution in [3.05, 3.63) is 28.2 Å². The molecule has 0 saturated heterocycles. The van der Waals surface area contributed by atoms with Crippen LogP contribution in [0.5, 0.6) is 0 Å². The van der Waals surface area contributed by atoms with Gasteiger partial charge in [-0.15, -0.1) is 21.5 Å². The van der Waals surface area contributed by atoms with Crippen LogP contribution in [0.2, 0.25) is 0 Å². The first-order valence-corrected chi connectivity index (χ1v) is 9.31. The lowest BCUT2D eigenvalue weighted by molar-refractivity contribution is -0.119. The van der Waals surface area contributed by atoms with E-state index in [9.17, 15) is 9.59 Å². The largest absolute Gasteiger partial charge is 0.336 e. The summed E-state index contributed by atoms with van der Waals surface area (Å²) >= 11 is 2.94. The lowest BCUT2D eigenvalue weighted by Crippen LogP contribution is -2.45. The highest BCUT2D eigenvalue weighted by molar-refractivity contribution is 8.00. The van der Waals surface area contributed by atoms with Gasteiger partial charge in [0.15, 0.2) is 5.16 Å². The summed E-state index contributed by atoms with van der Waals surface area (Å²) in [7, 11) is 1.88. The molecule has 0 spiro atoms. The van der Waals surface area contributed by atoms with Gasteiger partial charge in [0, 0.05) is 24.4 Å². The van der Waals surface area contributed by atoms with Crippen LogP contribution in [0.1, 0.15) is 31.5 Å². The van der Waals surface area contributed by atoms with Crippen LogP contribution in [0.4, 0.5) is 4.79 Å². The number of hydrogen-bond donors (Lipinski definition) is 2. The molecule has 0 aliphatic rings. The molecule has 0 aliphatic carbocycles. The molecule has 2 rings (SSSR count). The van der Waals surface area contributed by atoms with E-state index < -0.39 is 11.3 Å². The van der Waals surface area contributed by atoms with Crippen molar-refractivity contribution in [1.29, 1.82) is 0 Å². The van der Waals surface area contributed by atoms with Gasteiger partial charge < -0.3 is 9.88 Å². The van der Waals surface area contributed by atoms with Crippen LogP contribution < -0.4 is 10.6 Å². The van der Waals surface area contributed by atoms with Crippen molar-refractivity contribution in [1.82, 2.24) is 25.4 Å². The van der Waals surface area contributed by atoms with Gasteiger partial charge in [-0.05, 0) is 32.2 Å². The molecule has 1 atom stereocenters. The van der Waals surface area contributed by atoms with E-state index in [1.54, 1.807) is 18.3 Å². The van der Waals surface area contributed by atoms with E-state index in [1.165, 1.54) is 16.6 Å². The van der Waals surface area contributed by atoms with Crippen molar-refractivity contribution < 1.29 is 9.59 Å². The van der Waals surface area contributed by atoms with Crippen LogP contribution in [0, 0.1) is 0 Å². The van der Waals surface area contributed by atoms with E-state index in [-0.39, 0.29) is 11.9 Å². The maximum Gasteiger partial charge on any atom is 0.321 e. The number of carbonyl (C=O) groups is 2. The van der Waals surface area contributed by atoms with Gasteiger partial charge in [0.1, 0.15) is 5.82 Å². The van der Waals surface area contributed by atoms with Gasteiger partial charge in [0.05, 0.1) is 5.25 Å². The number of thiophene rings is 1. The zero-order valence-corrected chi connectivity index (χ0v) is 15.7. The Kier molecular flexibility index (Phi) is 6.38. The maximum atomic E-state index is 12.1. The number of carbonyl (C=O) groups excluding carboxylic acids is 2. The number of rotatable bonds is 6.